The maximum absolute atomic E-state index is 12.4. The molecule has 1 aliphatic heterocycles. The van der Waals surface area contributed by atoms with Gasteiger partial charge in [-0.1, -0.05) is 29.8 Å². The minimum atomic E-state index is -0.303. The van der Waals surface area contributed by atoms with Crippen molar-refractivity contribution in [3.8, 4) is 11.3 Å². The normalized spacial score (nSPS) is 13.4. The van der Waals surface area contributed by atoms with Crippen molar-refractivity contribution in [2.24, 2.45) is 0 Å². The molecule has 0 radical (unpaired) electrons. The molecule has 1 fully saturated rings. The molecule has 1 saturated heterocycles. The summed E-state index contributed by atoms with van der Waals surface area (Å²) in [6.07, 6.45) is 2.43. The number of aromatic nitrogens is 1. The molecule has 2 aromatic carbocycles. The lowest BCUT2D eigenvalue weighted by Crippen LogP contribution is -2.19. The summed E-state index contributed by atoms with van der Waals surface area (Å²) in [5.41, 5.74) is 4.17. The van der Waals surface area contributed by atoms with Crippen LogP contribution in [0.15, 0.2) is 60.7 Å². The number of hydrogen-bond acceptors (Lipinski definition) is 3. The van der Waals surface area contributed by atoms with Gasteiger partial charge in [0, 0.05) is 35.1 Å². The maximum Gasteiger partial charge on any atom is 0.323 e. The van der Waals surface area contributed by atoms with Crippen molar-refractivity contribution in [3.63, 3.8) is 0 Å². The van der Waals surface area contributed by atoms with Gasteiger partial charge in [0.2, 0.25) is 0 Å². The van der Waals surface area contributed by atoms with Crippen LogP contribution in [0.5, 0.6) is 0 Å². The highest BCUT2D eigenvalue weighted by Crippen LogP contribution is 2.25. The van der Waals surface area contributed by atoms with Gasteiger partial charge in [-0.3, -0.25) is 0 Å². The van der Waals surface area contributed by atoms with E-state index in [-0.39, 0.29) is 6.03 Å². The SMILES string of the molecule is Cc1cc(NC(=O)Nc2cccc(-c3cccc(N4CCCC4)n3)c2)ccc1Cl. The van der Waals surface area contributed by atoms with E-state index in [0.717, 1.165) is 35.7 Å². The van der Waals surface area contributed by atoms with E-state index in [1.54, 1.807) is 12.1 Å². The zero-order valence-electron chi connectivity index (χ0n) is 16.3. The van der Waals surface area contributed by atoms with Crippen LogP contribution in [0.4, 0.5) is 22.0 Å². The minimum absolute atomic E-state index is 0.303. The lowest BCUT2D eigenvalue weighted by atomic mass is 10.1. The average Bonchev–Trinajstić information content (AvgIpc) is 3.26. The van der Waals surface area contributed by atoms with Gasteiger partial charge in [0.05, 0.1) is 5.69 Å². The maximum atomic E-state index is 12.4. The molecule has 1 aliphatic rings. The second-order valence-electron chi connectivity index (χ2n) is 7.20. The molecule has 1 aromatic heterocycles. The molecule has 148 valence electrons. The summed E-state index contributed by atoms with van der Waals surface area (Å²) >= 11 is 6.04. The Morgan fingerprint density at radius 1 is 0.966 bits per heavy atom. The summed E-state index contributed by atoms with van der Waals surface area (Å²) in [5.74, 6) is 1.01. The van der Waals surface area contributed by atoms with Crippen LogP contribution in [0.1, 0.15) is 18.4 Å². The second-order valence-corrected chi connectivity index (χ2v) is 7.61. The van der Waals surface area contributed by atoms with Gasteiger partial charge in [-0.25, -0.2) is 9.78 Å². The predicted octanol–water partition coefficient (Wildman–Crippen LogP) is 5.95. The standard InChI is InChI=1S/C23H23ClN4O/c1-16-14-19(10-11-20(16)24)26-23(29)25-18-7-4-6-17(15-18)21-8-5-9-22(27-21)28-12-2-3-13-28/h4-11,14-15H,2-3,12-13H2,1H3,(H2,25,26,29). The Morgan fingerprint density at radius 3 is 2.45 bits per heavy atom. The number of anilines is 3. The van der Waals surface area contributed by atoms with E-state index < -0.39 is 0 Å². The van der Waals surface area contributed by atoms with Gasteiger partial charge in [-0.05, 0) is 67.8 Å². The molecule has 0 bridgehead atoms. The molecular formula is C23H23ClN4O. The van der Waals surface area contributed by atoms with Crippen molar-refractivity contribution in [1.29, 1.82) is 0 Å². The zero-order chi connectivity index (χ0) is 20.2. The number of benzene rings is 2. The highest BCUT2D eigenvalue weighted by Gasteiger charge is 2.14. The molecule has 6 heteroatoms. The van der Waals surface area contributed by atoms with Crippen LogP contribution in [-0.4, -0.2) is 24.1 Å². The lowest BCUT2D eigenvalue weighted by Gasteiger charge is -2.17. The van der Waals surface area contributed by atoms with E-state index >= 15 is 0 Å². The Balaban J connectivity index is 1.48. The molecule has 0 aliphatic carbocycles. The Hall–Kier alpha value is -3.05. The van der Waals surface area contributed by atoms with E-state index in [1.165, 1.54) is 12.8 Å². The third-order valence-electron chi connectivity index (χ3n) is 5.00. The Bertz CT molecular complexity index is 1030. The van der Waals surface area contributed by atoms with Gasteiger partial charge in [0.15, 0.2) is 0 Å². The minimum Gasteiger partial charge on any atom is -0.357 e. The van der Waals surface area contributed by atoms with Crippen LogP contribution < -0.4 is 15.5 Å². The van der Waals surface area contributed by atoms with E-state index in [9.17, 15) is 4.79 Å². The predicted molar refractivity (Wildman–Crippen MR) is 120 cm³/mol. The third-order valence-corrected chi connectivity index (χ3v) is 5.42. The van der Waals surface area contributed by atoms with Gasteiger partial charge in [-0.2, -0.15) is 0 Å². The number of pyridine rings is 1. The molecule has 2 amide bonds. The molecule has 29 heavy (non-hydrogen) atoms. The quantitative estimate of drug-likeness (QED) is 0.562. The van der Waals surface area contributed by atoms with Crippen LogP contribution in [0, 0.1) is 6.92 Å². The molecule has 3 aromatic rings. The van der Waals surface area contributed by atoms with Crippen LogP contribution in [-0.2, 0) is 0 Å². The number of hydrogen-bond donors (Lipinski definition) is 2. The van der Waals surface area contributed by atoms with Gasteiger partial charge >= 0.3 is 6.03 Å². The van der Waals surface area contributed by atoms with Gasteiger partial charge in [-0.15, -0.1) is 0 Å². The van der Waals surface area contributed by atoms with Crippen LogP contribution in [0.25, 0.3) is 11.3 Å². The fourth-order valence-electron chi connectivity index (χ4n) is 3.48. The summed E-state index contributed by atoms with van der Waals surface area (Å²) in [4.78, 5) is 19.5. The van der Waals surface area contributed by atoms with Crippen molar-refractivity contribution < 1.29 is 4.79 Å². The first kappa shape index (κ1) is 19.3. The molecule has 4 rings (SSSR count). The molecule has 5 nitrogen and oxygen atoms in total. The summed E-state index contributed by atoms with van der Waals surface area (Å²) in [7, 11) is 0. The number of nitrogens with zero attached hydrogens (tertiary/aromatic N) is 2. The molecule has 0 unspecified atom stereocenters. The second kappa shape index (κ2) is 8.53. The molecule has 2 heterocycles. The number of halogens is 1. The smallest absolute Gasteiger partial charge is 0.323 e. The van der Waals surface area contributed by atoms with E-state index in [1.807, 2.05) is 49.4 Å². The average molecular weight is 407 g/mol. The van der Waals surface area contributed by atoms with Crippen molar-refractivity contribution in [1.82, 2.24) is 4.98 Å². The van der Waals surface area contributed by atoms with Gasteiger partial charge < -0.3 is 15.5 Å². The first-order chi connectivity index (χ1) is 14.1. The molecular weight excluding hydrogens is 384 g/mol. The molecule has 0 atom stereocenters. The number of rotatable bonds is 4. The van der Waals surface area contributed by atoms with Crippen LogP contribution in [0.2, 0.25) is 5.02 Å². The summed E-state index contributed by atoms with van der Waals surface area (Å²) in [6, 6.07) is 18.9. The highest BCUT2D eigenvalue weighted by atomic mass is 35.5. The number of aryl methyl sites for hydroxylation is 1. The topological polar surface area (TPSA) is 57.3 Å². The summed E-state index contributed by atoms with van der Waals surface area (Å²) in [6.45, 7) is 4.02. The Morgan fingerprint density at radius 2 is 1.69 bits per heavy atom. The summed E-state index contributed by atoms with van der Waals surface area (Å²) < 4.78 is 0. The van der Waals surface area contributed by atoms with E-state index in [2.05, 4.69) is 21.6 Å². The monoisotopic (exact) mass is 406 g/mol. The zero-order valence-corrected chi connectivity index (χ0v) is 17.0. The number of carbonyl (C=O) groups is 1. The van der Waals surface area contributed by atoms with Crippen LogP contribution >= 0.6 is 11.6 Å². The Labute approximate surface area is 175 Å². The summed E-state index contributed by atoms with van der Waals surface area (Å²) in [5, 5.41) is 6.39. The van der Waals surface area contributed by atoms with E-state index in [0.29, 0.717) is 16.4 Å². The first-order valence-corrected chi connectivity index (χ1v) is 10.1. The number of nitrogens with one attached hydrogen (secondary N) is 2. The van der Waals surface area contributed by atoms with E-state index in [4.69, 9.17) is 16.6 Å². The fraction of sp³-hybridized carbons (Fsp3) is 0.217. The molecule has 2 N–H and O–H groups in total. The highest BCUT2D eigenvalue weighted by molar-refractivity contribution is 6.31. The van der Waals surface area contributed by atoms with Crippen LogP contribution in [0.3, 0.4) is 0 Å². The third kappa shape index (κ3) is 4.69. The van der Waals surface area contributed by atoms with Gasteiger partial charge in [0.1, 0.15) is 5.82 Å². The molecule has 0 saturated carbocycles. The van der Waals surface area contributed by atoms with Crippen molar-refractivity contribution in [2.45, 2.75) is 19.8 Å². The largest absolute Gasteiger partial charge is 0.357 e. The Kier molecular flexibility index (Phi) is 5.67. The van der Waals surface area contributed by atoms with Crippen molar-refractivity contribution >= 4 is 34.8 Å². The number of amides is 2. The number of urea groups is 1. The molecule has 0 spiro atoms. The fourth-order valence-corrected chi connectivity index (χ4v) is 3.60. The number of carbonyl (C=O) groups excluding carboxylic acids is 1. The van der Waals surface area contributed by atoms with Gasteiger partial charge in [0.25, 0.3) is 0 Å². The first-order valence-electron chi connectivity index (χ1n) is 9.75. The lowest BCUT2D eigenvalue weighted by molar-refractivity contribution is 0.262. The van der Waals surface area contributed by atoms with Crippen molar-refractivity contribution in [2.75, 3.05) is 28.6 Å². The van der Waals surface area contributed by atoms with Crippen molar-refractivity contribution in [3.05, 3.63) is 71.2 Å².